The number of hydrogen-bond acceptors (Lipinski definition) is 7. The number of carbonyl (C=O) groups excluding carboxylic acids is 1. The van der Waals surface area contributed by atoms with Crippen molar-refractivity contribution in [3.05, 3.63) is 40.3 Å². The molecule has 1 aromatic heterocycles. The van der Waals surface area contributed by atoms with Crippen molar-refractivity contribution in [3.8, 4) is 0 Å². The van der Waals surface area contributed by atoms with Gasteiger partial charge in [-0.05, 0) is 58.0 Å². The molecule has 1 fully saturated rings. The van der Waals surface area contributed by atoms with E-state index in [0.29, 0.717) is 16.8 Å². The van der Waals surface area contributed by atoms with E-state index in [1.54, 1.807) is 33.8 Å². The van der Waals surface area contributed by atoms with Gasteiger partial charge in [0, 0.05) is 31.7 Å². The lowest BCUT2D eigenvalue weighted by Gasteiger charge is -2.34. The molecule has 0 unspecified atom stereocenters. The predicted octanol–water partition coefficient (Wildman–Crippen LogP) is 0.963. The Balaban J connectivity index is 1.81. The lowest BCUT2D eigenvalue weighted by molar-refractivity contribution is 0.0697. The van der Waals surface area contributed by atoms with E-state index in [4.69, 9.17) is 4.52 Å². The van der Waals surface area contributed by atoms with Gasteiger partial charge in [-0.15, -0.1) is 0 Å². The minimum atomic E-state index is -3.78. The molecule has 31 heavy (non-hydrogen) atoms. The van der Waals surface area contributed by atoms with Gasteiger partial charge in [-0.1, -0.05) is 5.16 Å². The molecule has 170 valence electrons. The average molecular weight is 471 g/mol. The van der Waals surface area contributed by atoms with Crippen LogP contribution < -0.4 is 4.72 Å². The summed E-state index contributed by atoms with van der Waals surface area (Å²) in [6.45, 7) is 7.14. The second kappa shape index (κ2) is 8.34. The van der Waals surface area contributed by atoms with Gasteiger partial charge in [0.1, 0.15) is 10.6 Å². The average Bonchev–Trinajstić information content (AvgIpc) is 3.08. The molecule has 1 aromatic carbocycles. The van der Waals surface area contributed by atoms with Crippen molar-refractivity contribution in [1.82, 2.24) is 19.1 Å². The van der Waals surface area contributed by atoms with Crippen molar-refractivity contribution in [3.63, 3.8) is 0 Å². The highest BCUT2D eigenvalue weighted by atomic mass is 32.2. The first-order valence-corrected chi connectivity index (χ1v) is 12.6. The fraction of sp³-hybridized carbons (Fsp3) is 0.474. The lowest BCUT2D eigenvalue weighted by Crippen LogP contribution is -2.50. The van der Waals surface area contributed by atoms with Crippen LogP contribution in [0.3, 0.4) is 0 Å². The number of nitrogens with one attached hydrogen (secondary N) is 1. The van der Waals surface area contributed by atoms with Crippen molar-refractivity contribution >= 4 is 26.0 Å². The van der Waals surface area contributed by atoms with Crippen LogP contribution in [0.15, 0.2) is 26.4 Å². The highest BCUT2D eigenvalue weighted by molar-refractivity contribution is 7.89. The van der Waals surface area contributed by atoms with E-state index in [1.165, 1.54) is 22.3 Å². The molecule has 2 heterocycles. The number of hydrogen-bond donors (Lipinski definition) is 1. The standard InChI is InChI=1S/C19H26N4O6S2/c1-12-10-16(11-17(13(12)2)30(25,26)20-5)19(24)22-6-8-23(9-7-22)31(27,28)18-14(3)21-29-15(18)4/h10-11,20H,6-9H2,1-5H3. The summed E-state index contributed by atoms with van der Waals surface area (Å²) >= 11 is 0. The monoisotopic (exact) mass is 470 g/mol. The largest absolute Gasteiger partial charge is 0.360 e. The zero-order valence-electron chi connectivity index (χ0n) is 18.1. The van der Waals surface area contributed by atoms with Gasteiger partial charge in [0.15, 0.2) is 5.76 Å². The van der Waals surface area contributed by atoms with Gasteiger partial charge in [-0.2, -0.15) is 4.31 Å². The van der Waals surface area contributed by atoms with Gasteiger partial charge < -0.3 is 9.42 Å². The molecule has 0 saturated carbocycles. The SMILES string of the molecule is CNS(=O)(=O)c1cc(C(=O)N2CCN(S(=O)(=O)c3c(C)noc3C)CC2)cc(C)c1C. The number of benzene rings is 1. The van der Waals surface area contributed by atoms with E-state index in [-0.39, 0.29) is 53.2 Å². The van der Waals surface area contributed by atoms with Crippen molar-refractivity contribution in [1.29, 1.82) is 0 Å². The van der Waals surface area contributed by atoms with Crippen LogP contribution in [-0.2, 0) is 20.0 Å². The molecule has 1 N–H and O–H groups in total. The number of nitrogens with zero attached hydrogens (tertiary/aromatic N) is 3. The zero-order valence-corrected chi connectivity index (χ0v) is 19.7. The Kier molecular flexibility index (Phi) is 6.29. The molecule has 0 atom stereocenters. The maximum Gasteiger partial charge on any atom is 0.253 e. The minimum Gasteiger partial charge on any atom is -0.360 e. The molecule has 1 saturated heterocycles. The lowest BCUT2D eigenvalue weighted by atomic mass is 10.1. The summed E-state index contributed by atoms with van der Waals surface area (Å²) in [7, 11) is -6.19. The molecule has 2 aromatic rings. The number of rotatable bonds is 5. The summed E-state index contributed by atoms with van der Waals surface area (Å²) in [6, 6.07) is 3.02. The number of aromatic nitrogens is 1. The maximum absolute atomic E-state index is 13.0. The van der Waals surface area contributed by atoms with Gasteiger partial charge in [-0.3, -0.25) is 4.79 Å². The van der Waals surface area contributed by atoms with E-state index >= 15 is 0 Å². The molecular weight excluding hydrogens is 444 g/mol. The third kappa shape index (κ3) is 4.25. The van der Waals surface area contributed by atoms with E-state index in [9.17, 15) is 21.6 Å². The molecule has 0 bridgehead atoms. The van der Waals surface area contributed by atoms with E-state index in [1.807, 2.05) is 0 Å². The smallest absolute Gasteiger partial charge is 0.253 e. The Hall–Kier alpha value is -2.28. The second-order valence-electron chi connectivity index (χ2n) is 7.47. The Morgan fingerprint density at radius 1 is 1.03 bits per heavy atom. The minimum absolute atomic E-state index is 0.0537. The summed E-state index contributed by atoms with van der Waals surface area (Å²) in [4.78, 5) is 14.7. The first-order chi connectivity index (χ1) is 14.4. The fourth-order valence-corrected chi connectivity index (χ4v) is 6.41. The normalized spacial score (nSPS) is 16.0. The van der Waals surface area contributed by atoms with Crippen LogP contribution >= 0.6 is 0 Å². The van der Waals surface area contributed by atoms with Crippen molar-refractivity contribution < 1.29 is 26.2 Å². The summed E-state index contributed by atoms with van der Waals surface area (Å²) in [6.07, 6.45) is 0. The van der Waals surface area contributed by atoms with Crippen LogP contribution in [0.1, 0.15) is 32.9 Å². The number of aryl methyl sites for hydroxylation is 3. The number of sulfonamides is 2. The zero-order chi connectivity index (χ0) is 23.1. The van der Waals surface area contributed by atoms with Crippen LogP contribution in [0.5, 0.6) is 0 Å². The molecule has 1 aliphatic heterocycles. The third-order valence-electron chi connectivity index (χ3n) is 5.52. The van der Waals surface area contributed by atoms with Crippen molar-refractivity contribution in [2.24, 2.45) is 0 Å². The quantitative estimate of drug-likeness (QED) is 0.689. The summed E-state index contributed by atoms with van der Waals surface area (Å²) in [5.41, 5.74) is 1.80. The fourth-order valence-electron chi connectivity index (χ4n) is 3.63. The first kappa shape index (κ1) is 23.4. The molecule has 1 aliphatic rings. The molecule has 10 nitrogen and oxygen atoms in total. The molecule has 12 heteroatoms. The second-order valence-corrected chi connectivity index (χ2v) is 11.2. The first-order valence-electron chi connectivity index (χ1n) is 9.67. The summed E-state index contributed by atoms with van der Waals surface area (Å²) in [5, 5.41) is 3.71. The Bertz CT molecular complexity index is 1210. The Morgan fingerprint density at radius 2 is 1.65 bits per heavy atom. The predicted molar refractivity (Wildman–Crippen MR) is 113 cm³/mol. The maximum atomic E-state index is 13.0. The van der Waals surface area contributed by atoms with Crippen molar-refractivity contribution in [2.75, 3.05) is 33.2 Å². The van der Waals surface area contributed by atoms with E-state index < -0.39 is 20.0 Å². The van der Waals surface area contributed by atoms with Crippen LogP contribution in [0.4, 0.5) is 0 Å². The third-order valence-corrected chi connectivity index (χ3v) is 9.20. The van der Waals surface area contributed by atoms with Gasteiger partial charge in [0.2, 0.25) is 20.0 Å². The molecule has 0 aliphatic carbocycles. The van der Waals surface area contributed by atoms with Gasteiger partial charge in [-0.25, -0.2) is 21.6 Å². The van der Waals surface area contributed by atoms with Gasteiger partial charge >= 0.3 is 0 Å². The van der Waals surface area contributed by atoms with E-state index in [2.05, 4.69) is 9.88 Å². The summed E-state index contributed by atoms with van der Waals surface area (Å²) in [5.74, 6) is -0.116. The van der Waals surface area contributed by atoms with Crippen molar-refractivity contribution in [2.45, 2.75) is 37.5 Å². The Morgan fingerprint density at radius 3 is 2.16 bits per heavy atom. The highest BCUT2D eigenvalue weighted by Crippen LogP contribution is 2.26. The molecule has 0 spiro atoms. The highest BCUT2D eigenvalue weighted by Gasteiger charge is 2.34. The van der Waals surface area contributed by atoms with Crippen LogP contribution in [-0.4, -0.2) is 70.3 Å². The molecule has 0 radical (unpaired) electrons. The van der Waals surface area contributed by atoms with Crippen LogP contribution in [0, 0.1) is 27.7 Å². The van der Waals surface area contributed by atoms with Gasteiger partial charge in [0.05, 0.1) is 4.90 Å². The topological polar surface area (TPSA) is 130 Å². The number of piperazine rings is 1. The van der Waals surface area contributed by atoms with Crippen LogP contribution in [0.25, 0.3) is 0 Å². The number of amides is 1. The van der Waals surface area contributed by atoms with Gasteiger partial charge in [0.25, 0.3) is 5.91 Å². The molecule has 1 amide bonds. The number of carbonyl (C=O) groups is 1. The van der Waals surface area contributed by atoms with E-state index in [0.717, 1.165) is 0 Å². The molecular formula is C19H26N4O6S2. The Labute approximate surface area is 182 Å². The molecule has 3 rings (SSSR count). The van der Waals surface area contributed by atoms with Crippen LogP contribution in [0.2, 0.25) is 0 Å². The summed E-state index contributed by atoms with van der Waals surface area (Å²) < 4.78 is 59.1.